The third-order valence-electron chi connectivity index (χ3n) is 4.07. The molecule has 0 unspecified atom stereocenters. The van der Waals surface area contributed by atoms with E-state index in [-0.39, 0.29) is 11.3 Å². The molecule has 0 aliphatic carbocycles. The predicted octanol–water partition coefficient (Wildman–Crippen LogP) is 2.67. The van der Waals surface area contributed by atoms with Gasteiger partial charge >= 0.3 is 5.97 Å². The maximum absolute atomic E-state index is 12.5. The van der Waals surface area contributed by atoms with E-state index in [1.165, 1.54) is 19.2 Å². The molecule has 0 aliphatic rings. The van der Waals surface area contributed by atoms with Crippen LogP contribution in [0.15, 0.2) is 12.1 Å². The van der Waals surface area contributed by atoms with Crippen molar-refractivity contribution in [1.29, 1.82) is 0 Å². The van der Waals surface area contributed by atoms with Crippen LogP contribution < -0.4 is 5.32 Å². The van der Waals surface area contributed by atoms with Gasteiger partial charge in [0.25, 0.3) is 11.6 Å². The topological polar surface area (TPSA) is 98.5 Å². The zero-order valence-corrected chi connectivity index (χ0v) is 14.1. The third kappa shape index (κ3) is 3.67. The molecular formula is C16H22N2O5. The molecule has 0 heterocycles. The number of nitrogens with one attached hydrogen (secondary N) is 1. The first-order chi connectivity index (χ1) is 10.7. The highest BCUT2D eigenvalue weighted by Gasteiger charge is 2.38. The molecule has 0 radical (unpaired) electrons. The molecule has 1 rings (SSSR count). The van der Waals surface area contributed by atoms with Gasteiger partial charge in [-0.3, -0.25) is 14.9 Å². The number of hydrogen-bond acceptors (Lipinski definition) is 5. The SMILES string of the molecule is CCC(CC)(NC(=O)c1cc(C)c([N+](=O)[O-])c(C)c1)C(=O)OC. The first kappa shape index (κ1) is 18.6. The Labute approximate surface area is 135 Å². The lowest BCUT2D eigenvalue weighted by molar-refractivity contribution is -0.386. The van der Waals surface area contributed by atoms with Crippen molar-refractivity contribution in [2.75, 3.05) is 7.11 Å². The monoisotopic (exact) mass is 322 g/mol. The first-order valence-corrected chi connectivity index (χ1v) is 7.39. The highest BCUT2D eigenvalue weighted by Crippen LogP contribution is 2.25. The van der Waals surface area contributed by atoms with Crippen molar-refractivity contribution in [2.45, 2.75) is 46.1 Å². The van der Waals surface area contributed by atoms with Crippen LogP contribution in [0.1, 0.15) is 48.2 Å². The van der Waals surface area contributed by atoms with Gasteiger partial charge < -0.3 is 10.1 Å². The number of nitrogens with zero attached hydrogens (tertiary/aromatic N) is 1. The highest BCUT2D eigenvalue weighted by molar-refractivity contribution is 5.98. The number of aryl methyl sites for hydroxylation is 2. The molecule has 0 aromatic heterocycles. The number of benzene rings is 1. The Hall–Kier alpha value is -2.44. The second-order valence-electron chi connectivity index (χ2n) is 5.45. The van der Waals surface area contributed by atoms with Crippen LogP contribution in [0.3, 0.4) is 0 Å². The quantitative estimate of drug-likeness (QED) is 0.493. The van der Waals surface area contributed by atoms with Crippen LogP contribution in [-0.2, 0) is 9.53 Å². The fourth-order valence-electron chi connectivity index (χ4n) is 2.63. The van der Waals surface area contributed by atoms with Crippen LogP contribution in [0.5, 0.6) is 0 Å². The molecule has 0 aliphatic heterocycles. The fourth-order valence-corrected chi connectivity index (χ4v) is 2.63. The van der Waals surface area contributed by atoms with Crippen LogP contribution in [0.2, 0.25) is 0 Å². The van der Waals surface area contributed by atoms with E-state index >= 15 is 0 Å². The number of carbonyl (C=O) groups excluding carboxylic acids is 2. The fraction of sp³-hybridized carbons (Fsp3) is 0.500. The summed E-state index contributed by atoms with van der Waals surface area (Å²) in [6, 6.07) is 2.90. The number of ether oxygens (including phenoxy) is 1. The van der Waals surface area contributed by atoms with Crippen molar-refractivity contribution in [2.24, 2.45) is 0 Å². The maximum Gasteiger partial charge on any atom is 0.331 e. The highest BCUT2D eigenvalue weighted by atomic mass is 16.6. The van der Waals surface area contributed by atoms with E-state index in [1.807, 2.05) is 0 Å². The molecule has 0 atom stereocenters. The Balaban J connectivity index is 3.20. The Morgan fingerprint density at radius 3 is 2.04 bits per heavy atom. The van der Waals surface area contributed by atoms with Crippen molar-refractivity contribution in [3.8, 4) is 0 Å². The van der Waals surface area contributed by atoms with Crippen molar-refractivity contribution < 1.29 is 19.2 Å². The van der Waals surface area contributed by atoms with E-state index in [0.717, 1.165) is 0 Å². The van der Waals surface area contributed by atoms with Gasteiger partial charge in [0.05, 0.1) is 12.0 Å². The minimum absolute atomic E-state index is 0.00763. The number of esters is 1. The van der Waals surface area contributed by atoms with Gasteiger partial charge in [0.1, 0.15) is 5.54 Å². The molecule has 1 aromatic carbocycles. The molecule has 0 spiro atoms. The van der Waals surface area contributed by atoms with Crippen LogP contribution in [0, 0.1) is 24.0 Å². The molecule has 1 N–H and O–H groups in total. The van der Waals surface area contributed by atoms with Crippen LogP contribution in [0.25, 0.3) is 0 Å². The zero-order valence-electron chi connectivity index (χ0n) is 14.1. The summed E-state index contributed by atoms with van der Waals surface area (Å²) in [7, 11) is 1.27. The van der Waals surface area contributed by atoms with Gasteiger partial charge in [-0.1, -0.05) is 13.8 Å². The molecule has 1 amide bonds. The first-order valence-electron chi connectivity index (χ1n) is 7.39. The summed E-state index contributed by atoms with van der Waals surface area (Å²) >= 11 is 0. The number of hydrogen-bond donors (Lipinski definition) is 1. The van der Waals surface area contributed by atoms with E-state index in [2.05, 4.69) is 5.32 Å². The molecule has 0 bridgehead atoms. The number of nitro benzene ring substituents is 1. The maximum atomic E-state index is 12.5. The number of rotatable bonds is 6. The van der Waals surface area contributed by atoms with E-state index in [0.29, 0.717) is 24.0 Å². The molecule has 23 heavy (non-hydrogen) atoms. The number of amides is 1. The van der Waals surface area contributed by atoms with Gasteiger partial charge in [0.2, 0.25) is 0 Å². The van der Waals surface area contributed by atoms with E-state index in [9.17, 15) is 19.7 Å². The summed E-state index contributed by atoms with van der Waals surface area (Å²) in [4.78, 5) is 35.1. The molecule has 7 nitrogen and oxygen atoms in total. The lowest BCUT2D eigenvalue weighted by Gasteiger charge is -2.29. The molecule has 7 heteroatoms. The number of methoxy groups -OCH3 is 1. The van der Waals surface area contributed by atoms with Crippen molar-refractivity contribution in [1.82, 2.24) is 5.32 Å². The Kier molecular flexibility index (Phi) is 5.84. The number of nitro groups is 1. The van der Waals surface area contributed by atoms with Crippen LogP contribution in [-0.4, -0.2) is 29.4 Å². The molecule has 0 fully saturated rings. The Morgan fingerprint density at radius 2 is 1.70 bits per heavy atom. The summed E-state index contributed by atoms with van der Waals surface area (Å²) in [5.74, 6) is -0.966. The van der Waals surface area contributed by atoms with Crippen molar-refractivity contribution >= 4 is 17.6 Å². The van der Waals surface area contributed by atoms with E-state index in [4.69, 9.17) is 4.74 Å². The molecule has 0 saturated carbocycles. The summed E-state index contributed by atoms with van der Waals surface area (Å²) in [6.07, 6.45) is 0.764. The Bertz CT molecular complexity index is 612. The third-order valence-corrected chi connectivity index (χ3v) is 4.07. The summed E-state index contributed by atoms with van der Waals surface area (Å²) in [6.45, 7) is 6.73. The average Bonchev–Trinajstić information content (AvgIpc) is 2.50. The van der Waals surface area contributed by atoms with E-state index < -0.39 is 22.3 Å². The molecule has 1 aromatic rings. The molecular weight excluding hydrogens is 300 g/mol. The second kappa shape index (κ2) is 7.21. The van der Waals surface area contributed by atoms with Crippen molar-refractivity contribution in [3.05, 3.63) is 38.9 Å². The summed E-state index contributed by atoms with van der Waals surface area (Å²) in [5.41, 5.74) is -0.0312. The lowest BCUT2D eigenvalue weighted by Crippen LogP contribution is -2.54. The largest absolute Gasteiger partial charge is 0.467 e. The van der Waals surface area contributed by atoms with Gasteiger partial charge in [0, 0.05) is 16.7 Å². The predicted molar refractivity (Wildman–Crippen MR) is 85.4 cm³/mol. The van der Waals surface area contributed by atoms with Gasteiger partial charge in [-0.15, -0.1) is 0 Å². The summed E-state index contributed by atoms with van der Waals surface area (Å²) in [5, 5.41) is 13.7. The minimum atomic E-state index is -1.10. The summed E-state index contributed by atoms with van der Waals surface area (Å²) < 4.78 is 4.79. The molecule has 126 valence electrons. The van der Waals surface area contributed by atoms with Crippen LogP contribution >= 0.6 is 0 Å². The van der Waals surface area contributed by atoms with Gasteiger partial charge in [0.15, 0.2) is 0 Å². The normalized spacial score (nSPS) is 11.0. The van der Waals surface area contributed by atoms with Gasteiger partial charge in [-0.25, -0.2) is 4.79 Å². The van der Waals surface area contributed by atoms with Gasteiger partial charge in [-0.05, 0) is 38.8 Å². The standard InChI is InChI=1S/C16H22N2O5/c1-6-16(7-2,15(20)23-5)17-14(19)12-8-10(3)13(18(21)22)11(4)9-12/h8-9H,6-7H2,1-5H3,(H,17,19). The van der Waals surface area contributed by atoms with Crippen molar-refractivity contribution in [3.63, 3.8) is 0 Å². The van der Waals surface area contributed by atoms with E-state index in [1.54, 1.807) is 27.7 Å². The number of carbonyl (C=O) groups is 2. The molecule has 0 saturated heterocycles. The van der Waals surface area contributed by atoms with Gasteiger partial charge in [-0.2, -0.15) is 0 Å². The zero-order chi connectivity index (χ0) is 17.8. The average molecular weight is 322 g/mol. The lowest BCUT2D eigenvalue weighted by atomic mass is 9.92. The smallest absolute Gasteiger partial charge is 0.331 e. The Morgan fingerprint density at radius 1 is 1.22 bits per heavy atom. The van der Waals surface area contributed by atoms with Crippen LogP contribution in [0.4, 0.5) is 5.69 Å². The second-order valence-corrected chi connectivity index (χ2v) is 5.45. The minimum Gasteiger partial charge on any atom is -0.467 e.